The first-order valence-electron chi connectivity index (χ1n) is 11.6. The summed E-state index contributed by atoms with van der Waals surface area (Å²) in [7, 11) is 0. The summed E-state index contributed by atoms with van der Waals surface area (Å²) in [6, 6.07) is 11.3. The van der Waals surface area contributed by atoms with Crippen LogP contribution in [0, 0.1) is 6.92 Å². The molecule has 1 aliphatic carbocycles. The minimum absolute atomic E-state index is 0.00857. The van der Waals surface area contributed by atoms with Gasteiger partial charge in [0.1, 0.15) is 0 Å². The van der Waals surface area contributed by atoms with Crippen molar-refractivity contribution >= 4 is 22.4 Å². The molecule has 0 bridgehead atoms. The van der Waals surface area contributed by atoms with Gasteiger partial charge in [-0.3, -0.25) is 4.79 Å². The number of hydrogen-bond donors (Lipinski definition) is 2. The van der Waals surface area contributed by atoms with Crippen LogP contribution in [0.15, 0.2) is 51.8 Å². The largest absolute Gasteiger partial charge is 0.426 e. The highest BCUT2D eigenvalue weighted by Crippen LogP contribution is 2.49. The third-order valence-corrected chi connectivity index (χ3v) is 7.01. The van der Waals surface area contributed by atoms with Gasteiger partial charge in [-0.2, -0.15) is 13.2 Å². The molecule has 2 atom stereocenters. The number of nitrogens with one attached hydrogen (secondary N) is 1. The van der Waals surface area contributed by atoms with Gasteiger partial charge in [-0.15, -0.1) is 0 Å². The average Bonchev–Trinajstić information content (AvgIpc) is 2.81. The second kappa shape index (κ2) is 9.11. The van der Waals surface area contributed by atoms with Crippen molar-refractivity contribution in [2.75, 3.05) is 5.32 Å². The number of halogens is 3. The van der Waals surface area contributed by atoms with E-state index in [1.54, 1.807) is 13.0 Å². The van der Waals surface area contributed by atoms with E-state index in [4.69, 9.17) is 0 Å². The highest BCUT2D eigenvalue weighted by Gasteiger charge is 2.62. The lowest BCUT2D eigenvalue weighted by Gasteiger charge is -2.44. The van der Waals surface area contributed by atoms with Crippen LogP contribution < -0.4 is 10.9 Å². The van der Waals surface area contributed by atoms with Crippen LogP contribution in [0.3, 0.4) is 0 Å². The number of fused-ring (bicyclic) bond motifs is 2. The van der Waals surface area contributed by atoms with Gasteiger partial charge in [-0.25, -0.2) is 4.79 Å². The molecule has 2 N–H and O–H groups in total. The maximum absolute atomic E-state index is 14.4. The predicted molar refractivity (Wildman–Crippen MR) is 125 cm³/mol. The van der Waals surface area contributed by atoms with E-state index in [-0.39, 0.29) is 11.1 Å². The van der Waals surface area contributed by atoms with Crippen molar-refractivity contribution in [3.05, 3.63) is 69.7 Å². The first-order valence-corrected chi connectivity index (χ1v) is 11.6. The van der Waals surface area contributed by atoms with Crippen molar-refractivity contribution in [1.29, 1.82) is 0 Å². The van der Waals surface area contributed by atoms with Crippen LogP contribution in [-0.2, 0) is 16.6 Å². The molecule has 3 aromatic rings. The molecule has 2 unspecified atom stereocenters. The summed E-state index contributed by atoms with van der Waals surface area (Å²) in [6.45, 7) is 3.45. The van der Waals surface area contributed by atoms with E-state index in [9.17, 15) is 27.9 Å². The molecule has 4 rings (SSSR count). The van der Waals surface area contributed by atoms with Crippen molar-refractivity contribution in [1.82, 2.24) is 5.16 Å². The molecular formula is C26H27F3N2O4. The minimum atomic E-state index is -5.21. The molecule has 0 spiro atoms. The Kier molecular flexibility index (Phi) is 6.48. The van der Waals surface area contributed by atoms with E-state index in [1.807, 2.05) is 25.1 Å². The van der Waals surface area contributed by atoms with E-state index >= 15 is 0 Å². The van der Waals surface area contributed by atoms with E-state index in [1.165, 1.54) is 18.2 Å². The van der Waals surface area contributed by atoms with Gasteiger partial charge >= 0.3 is 11.8 Å². The van der Waals surface area contributed by atoms with E-state index < -0.39 is 35.1 Å². The monoisotopic (exact) mass is 488 g/mol. The van der Waals surface area contributed by atoms with Crippen molar-refractivity contribution in [2.24, 2.45) is 0 Å². The lowest BCUT2D eigenvalue weighted by molar-refractivity contribution is -0.256. The van der Waals surface area contributed by atoms with Crippen molar-refractivity contribution < 1.29 is 27.6 Å². The zero-order valence-corrected chi connectivity index (χ0v) is 19.5. The average molecular weight is 489 g/mol. The Balaban J connectivity index is 1.73. The van der Waals surface area contributed by atoms with Gasteiger partial charge in [-0.1, -0.05) is 42.8 Å². The van der Waals surface area contributed by atoms with Crippen molar-refractivity contribution in [3.8, 4) is 0 Å². The second-order valence-electron chi connectivity index (χ2n) is 9.35. The molecule has 0 saturated heterocycles. The highest BCUT2D eigenvalue weighted by molar-refractivity contribution is 5.99. The third-order valence-electron chi connectivity index (χ3n) is 7.01. The van der Waals surface area contributed by atoms with Gasteiger partial charge < -0.3 is 14.9 Å². The van der Waals surface area contributed by atoms with Crippen LogP contribution in [-0.4, -0.2) is 27.9 Å². The number of aliphatic hydroxyl groups is 1. The number of aryl methyl sites for hydroxylation is 2. The minimum Gasteiger partial charge on any atom is -0.373 e. The molecule has 0 saturated carbocycles. The Morgan fingerprint density at radius 1 is 1.20 bits per heavy atom. The SMILES string of the molecule is CCCC1(CC(O)(C(=O)Nc2ccc3c(=O)onc(C)c3c2)C(F)(F)F)CCCc2ccccc21. The number of rotatable bonds is 6. The number of carbonyl (C=O) groups excluding carboxylic acids is 1. The van der Waals surface area contributed by atoms with Crippen LogP contribution >= 0.6 is 0 Å². The lowest BCUT2D eigenvalue weighted by atomic mass is 9.62. The van der Waals surface area contributed by atoms with E-state index in [0.29, 0.717) is 36.8 Å². The number of aromatic nitrogens is 1. The zero-order chi connectivity index (χ0) is 25.4. The first kappa shape index (κ1) is 24.9. The molecular weight excluding hydrogens is 461 g/mol. The van der Waals surface area contributed by atoms with Gasteiger partial charge in [0.15, 0.2) is 0 Å². The standard InChI is InChI=1S/C26H27F3N2O4/c1-3-12-24(13-6-8-17-7-4-5-9-21(17)24)15-25(34,26(27,28)29)23(33)30-18-10-11-19-20(14-18)16(2)31-35-22(19)32/h4-5,7,9-11,14,34H,3,6,8,12-13,15H2,1-2H3,(H,30,33). The fraction of sp³-hybridized carbons (Fsp3) is 0.423. The summed E-state index contributed by atoms with van der Waals surface area (Å²) in [5, 5.41) is 17.4. The number of alkyl halides is 3. The number of anilines is 1. The van der Waals surface area contributed by atoms with Crippen LogP contribution in [0.1, 0.15) is 55.8 Å². The smallest absolute Gasteiger partial charge is 0.373 e. The Morgan fingerprint density at radius 2 is 1.94 bits per heavy atom. The molecule has 6 nitrogen and oxygen atoms in total. The summed E-state index contributed by atoms with van der Waals surface area (Å²) in [5.41, 5.74) is -3.25. The van der Waals surface area contributed by atoms with Crippen LogP contribution in [0.25, 0.3) is 10.8 Å². The number of benzene rings is 2. The zero-order valence-electron chi connectivity index (χ0n) is 19.5. The molecule has 0 fully saturated rings. The molecule has 0 aliphatic heterocycles. The van der Waals surface area contributed by atoms with Gasteiger partial charge in [0.05, 0.1) is 11.1 Å². The lowest BCUT2D eigenvalue weighted by Crippen LogP contribution is -2.58. The van der Waals surface area contributed by atoms with E-state index in [0.717, 1.165) is 17.5 Å². The maximum Gasteiger partial charge on any atom is 0.426 e. The van der Waals surface area contributed by atoms with Gasteiger partial charge in [0.2, 0.25) is 5.60 Å². The van der Waals surface area contributed by atoms with Crippen molar-refractivity contribution in [2.45, 2.75) is 69.6 Å². The molecule has 9 heteroatoms. The maximum atomic E-state index is 14.4. The summed E-state index contributed by atoms with van der Waals surface area (Å²) >= 11 is 0. The summed E-state index contributed by atoms with van der Waals surface area (Å²) in [4.78, 5) is 25.0. The second-order valence-corrected chi connectivity index (χ2v) is 9.35. The fourth-order valence-electron chi connectivity index (χ4n) is 5.36. The molecule has 0 radical (unpaired) electrons. The molecule has 35 heavy (non-hydrogen) atoms. The molecule has 1 aliphatic rings. The van der Waals surface area contributed by atoms with Crippen LogP contribution in [0.4, 0.5) is 18.9 Å². The fourth-order valence-corrected chi connectivity index (χ4v) is 5.36. The summed E-state index contributed by atoms with van der Waals surface area (Å²) in [6.07, 6.45) is -3.11. The Bertz CT molecular complexity index is 1320. The van der Waals surface area contributed by atoms with Crippen molar-refractivity contribution in [3.63, 3.8) is 0 Å². The molecule has 186 valence electrons. The van der Waals surface area contributed by atoms with Crippen LogP contribution in [0.2, 0.25) is 0 Å². The highest BCUT2D eigenvalue weighted by atomic mass is 19.4. The molecule has 1 heterocycles. The Morgan fingerprint density at radius 3 is 2.66 bits per heavy atom. The number of amides is 1. The topological polar surface area (TPSA) is 92.4 Å². The van der Waals surface area contributed by atoms with Crippen LogP contribution in [0.5, 0.6) is 0 Å². The normalized spacial score (nSPS) is 19.7. The summed E-state index contributed by atoms with van der Waals surface area (Å²) < 4.78 is 47.8. The van der Waals surface area contributed by atoms with Gasteiger partial charge in [0.25, 0.3) is 5.91 Å². The number of nitrogens with zero attached hydrogens (tertiary/aromatic N) is 1. The molecule has 2 aromatic carbocycles. The summed E-state index contributed by atoms with van der Waals surface area (Å²) in [5.74, 6) is -1.56. The third kappa shape index (κ3) is 4.45. The quantitative estimate of drug-likeness (QED) is 0.498. The number of hydrogen-bond acceptors (Lipinski definition) is 5. The predicted octanol–water partition coefficient (Wildman–Crippen LogP) is 5.19. The van der Waals surface area contributed by atoms with Gasteiger partial charge in [0, 0.05) is 17.5 Å². The Labute approximate surface area is 200 Å². The molecule has 1 aromatic heterocycles. The first-order chi connectivity index (χ1) is 16.5. The van der Waals surface area contributed by atoms with Gasteiger partial charge in [-0.05, 0) is 67.3 Å². The van der Waals surface area contributed by atoms with E-state index in [2.05, 4.69) is 15.0 Å². The Hall–Kier alpha value is -3.20. The number of carbonyl (C=O) groups is 1. The molecule has 1 amide bonds.